The van der Waals surface area contributed by atoms with Crippen LogP contribution in [0.3, 0.4) is 0 Å². The Morgan fingerprint density at radius 2 is 1.06 bits per heavy atom. The lowest BCUT2D eigenvalue weighted by molar-refractivity contribution is -0.238. The highest BCUT2D eigenvalue weighted by molar-refractivity contribution is 5.71. The van der Waals surface area contributed by atoms with E-state index in [-0.39, 0.29) is 35.5 Å². The standard InChI is InChI=1S/C44H56F2O4/c1-5-7-9-11-13-15-17-37-29-47-43(49-31(37)3)36-25-21-34(22-26-36)33-19-23-35(24-20-33)39-27-28-40(42(46)41(39)45)44-48-30-38(32(4)50-44)18-16-14-12-10-8-6-2/h5-6,19-28,31-32,37-38,43-44H,1-2,7-18,29-30H2,3-4H3/t31?,32?,37-,38?,43-,44?/m1/s1. The van der Waals surface area contributed by atoms with Crippen LogP contribution in [0.4, 0.5) is 8.78 Å². The van der Waals surface area contributed by atoms with Crippen LogP contribution in [0.2, 0.25) is 0 Å². The van der Waals surface area contributed by atoms with Gasteiger partial charge in [-0.2, -0.15) is 0 Å². The summed E-state index contributed by atoms with van der Waals surface area (Å²) in [5.41, 5.74) is 3.90. The van der Waals surface area contributed by atoms with Crippen LogP contribution in [0.15, 0.2) is 86.0 Å². The van der Waals surface area contributed by atoms with E-state index < -0.39 is 17.9 Å². The summed E-state index contributed by atoms with van der Waals surface area (Å²) in [6.07, 6.45) is 16.5. The van der Waals surface area contributed by atoms with E-state index in [9.17, 15) is 0 Å². The first-order valence-corrected chi connectivity index (χ1v) is 18.8. The van der Waals surface area contributed by atoms with E-state index in [0.29, 0.717) is 24.7 Å². The molecule has 4 nitrogen and oxygen atoms in total. The van der Waals surface area contributed by atoms with Crippen molar-refractivity contribution < 1.29 is 27.7 Å². The third-order valence-electron chi connectivity index (χ3n) is 10.5. The zero-order chi connectivity index (χ0) is 35.3. The van der Waals surface area contributed by atoms with Crippen molar-refractivity contribution >= 4 is 0 Å². The number of rotatable bonds is 18. The molecule has 50 heavy (non-hydrogen) atoms. The summed E-state index contributed by atoms with van der Waals surface area (Å²) in [5, 5.41) is 0. The molecule has 0 spiro atoms. The molecule has 0 saturated carbocycles. The third-order valence-corrected chi connectivity index (χ3v) is 10.5. The maximum absolute atomic E-state index is 15.5. The molecular formula is C44H56F2O4. The van der Waals surface area contributed by atoms with Crippen molar-refractivity contribution in [3.05, 3.63) is 109 Å². The zero-order valence-electron chi connectivity index (χ0n) is 30.1. The van der Waals surface area contributed by atoms with Crippen molar-refractivity contribution in [2.75, 3.05) is 13.2 Å². The van der Waals surface area contributed by atoms with Gasteiger partial charge in [-0.05, 0) is 69.1 Å². The second kappa shape index (κ2) is 19.4. The van der Waals surface area contributed by atoms with Gasteiger partial charge in [0.1, 0.15) is 0 Å². The molecule has 3 aromatic carbocycles. The van der Waals surface area contributed by atoms with Gasteiger partial charge in [0.2, 0.25) is 0 Å². The summed E-state index contributed by atoms with van der Waals surface area (Å²) in [4.78, 5) is 0. The number of benzene rings is 3. The van der Waals surface area contributed by atoms with E-state index >= 15 is 8.78 Å². The lowest BCUT2D eigenvalue weighted by Gasteiger charge is -2.35. The smallest absolute Gasteiger partial charge is 0.187 e. The average molecular weight is 687 g/mol. The number of hydrogen-bond acceptors (Lipinski definition) is 4. The van der Waals surface area contributed by atoms with Crippen molar-refractivity contribution in [3.8, 4) is 22.3 Å². The Bertz CT molecular complexity index is 1490. The Morgan fingerprint density at radius 1 is 0.580 bits per heavy atom. The maximum atomic E-state index is 15.5. The molecule has 270 valence electrons. The van der Waals surface area contributed by atoms with Gasteiger partial charge >= 0.3 is 0 Å². The Hall–Kier alpha value is -3.16. The molecule has 2 aliphatic rings. The van der Waals surface area contributed by atoms with Gasteiger partial charge in [-0.25, -0.2) is 8.78 Å². The van der Waals surface area contributed by atoms with Crippen LogP contribution in [-0.2, 0) is 18.9 Å². The summed E-state index contributed by atoms with van der Waals surface area (Å²) in [6.45, 7) is 12.9. The van der Waals surface area contributed by atoms with Gasteiger partial charge in [0.25, 0.3) is 0 Å². The van der Waals surface area contributed by atoms with Gasteiger partial charge in [-0.3, -0.25) is 0 Å². The molecule has 2 saturated heterocycles. The van der Waals surface area contributed by atoms with Crippen LogP contribution in [0.25, 0.3) is 22.3 Å². The van der Waals surface area contributed by atoms with Crippen molar-refractivity contribution in [1.29, 1.82) is 0 Å². The monoisotopic (exact) mass is 686 g/mol. The molecule has 6 heteroatoms. The summed E-state index contributed by atoms with van der Waals surface area (Å²) in [5.74, 6) is -1.16. The van der Waals surface area contributed by atoms with Crippen molar-refractivity contribution in [3.63, 3.8) is 0 Å². The number of halogens is 2. The van der Waals surface area contributed by atoms with Crippen LogP contribution < -0.4 is 0 Å². The predicted octanol–water partition coefficient (Wildman–Crippen LogP) is 12.5. The molecular weight excluding hydrogens is 630 g/mol. The first-order chi connectivity index (χ1) is 24.4. The summed E-state index contributed by atoms with van der Waals surface area (Å²) in [6, 6.07) is 18.9. The highest BCUT2D eigenvalue weighted by Gasteiger charge is 2.32. The highest BCUT2D eigenvalue weighted by Crippen LogP contribution is 2.37. The largest absolute Gasteiger partial charge is 0.348 e. The van der Waals surface area contributed by atoms with E-state index in [0.717, 1.165) is 55.2 Å². The molecule has 3 aromatic rings. The van der Waals surface area contributed by atoms with Gasteiger partial charge in [0.15, 0.2) is 24.2 Å². The van der Waals surface area contributed by atoms with Gasteiger partial charge in [-0.15, -0.1) is 13.2 Å². The fourth-order valence-electron chi connectivity index (χ4n) is 7.10. The quantitative estimate of drug-likeness (QED) is 0.0986. The molecule has 0 bridgehead atoms. The first kappa shape index (κ1) is 38.1. The van der Waals surface area contributed by atoms with E-state index in [1.54, 1.807) is 12.1 Å². The van der Waals surface area contributed by atoms with Crippen LogP contribution in [0, 0.1) is 23.5 Å². The zero-order valence-corrected chi connectivity index (χ0v) is 30.1. The van der Waals surface area contributed by atoms with Crippen molar-refractivity contribution in [2.24, 2.45) is 11.8 Å². The highest BCUT2D eigenvalue weighted by atomic mass is 19.2. The van der Waals surface area contributed by atoms with E-state index in [2.05, 4.69) is 20.1 Å². The van der Waals surface area contributed by atoms with Gasteiger partial charge < -0.3 is 18.9 Å². The average Bonchev–Trinajstić information content (AvgIpc) is 3.13. The lowest BCUT2D eigenvalue weighted by atomic mass is 9.95. The number of ether oxygens (including phenoxy) is 4. The fourth-order valence-corrected chi connectivity index (χ4v) is 7.10. The summed E-state index contributed by atoms with van der Waals surface area (Å²) < 4.78 is 55.3. The predicted molar refractivity (Wildman–Crippen MR) is 198 cm³/mol. The molecule has 5 rings (SSSR count). The van der Waals surface area contributed by atoms with Crippen LogP contribution in [0.1, 0.15) is 115 Å². The van der Waals surface area contributed by atoms with Crippen LogP contribution in [0.5, 0.6) is 0 Å². The van der Waals surface area contributed by atoms with Gasteiger partial charge in [0.05, 0.1) is 25.4 Å². The third kappa shape index (κ3) is 10.2. The van der Waals surface area contributed by atoms with E-state index in [4.69, 9.17) is 18.9 Å². The van der Waals surface area contributed by atoms with Crippen molar-refractivity contribution in [1.82, 2.24) is 0 Å². The number of unbranched alkanes of at least 4 members (excludes halogenated alkanes) is 8. The molecule has 6 atom stereocenters. The normalized spacial score (nSPS) is 23.8. The molecule has 4 unspecified atom stereocenters. The molecule has 0 aromatic heterocycles. The Morgan fingerprint density at radius 3 is 1.60 bits per heavy atom. The molecule has 2 heterocycles. The van der Waals surface area contributed by atoms with E-state index in [1.807, 2.05) is 67.6 Å². The minimum absolute atomic E-state index is 0.0956. The summed E-state index contributed by atoms with van der Waals surface area (Å²) in [7, 11) is 0. The Balaban J connectivity index is 1.12. The molecule has 0 N–H and O–H groups in total. The molecule has 0 radical (unpaired) electrons. The maximum Gasteiger partial charge on any atom is 0.187 e. The van der Waals surface area contributed by atoms with Gasteiger partial charge in [-0.1, -0.05) is 111 Å². The minimum atomic E-state index is -0.924. The minimum Gasteiger partial charge on any atom is -0.348 e. The van der Waals surface area contributed by atoms with Gasteiger partial charge in [0, 0.05) is 28.5 Å². The fraction of sp³-hybridized carbons (Fsp3) is 0.500. The molecule has 2 aliphatic heterocycles. The SMILES string of the molecule is C=CCCCCCCC1COC(c2ccc(-c3ccc(-c4ccc([C@@H]5OC[C@@H](CCCCCCC=C)C(C)O5)cc4)cc3)c(F)c2F)OC1C. The molecule has 0 aliphatic carbocycles. The van der Waals surface area contributed by atoms with Crippen molar-refractivity contribution in [2.45, 2.75) is 116 Å². The second-order valence-electron chi connectivity index (χ2n) is 14.1. The number of hydrogen-bond donors (Lipinski definition) is 0. The Kier molecular flexibility index (Phi) is 14.8. The lowest BCUT2D eigenvalue weighted by Crippen LogP contribution is -2.34. The Labute approximate surface area is 298 Å². The molecule has 2 fully saturated rings. The van der Waals surface area contributed by atoms with Crippen LogP contribution in [-0.4, -0.2) is 25.4 Å². The summed E-state index contributed by atoms with van der Waals surface area (Å²) >= 11 is 0. The topological polar surface area (TPSA) is 36.9 Å². The second-order valence-corrected chi connectivity index (χ2v) is 14.1. The molecule has 0 amide bonds. The van der Waals surface area contributed by atoms with E-state index in [1.165, 1.54) is 38.5 Å². The number of allylic oxidation sites excluding steroid dienone is 2. The van der Waals surface area contributed by atoms with Crippen LogP contribution >= 0.6 is 0 Å². The first-order valence-electron chi connectivity index (χ1n) is 18.8.